The van der Waals surface area contributed by atoms with Crippen molar-refractivity contribution in [2.24, 2.45) is 0 Å². The number of carbonyl (C=O) groups is 1. The number of anilines is 1. The minimum Gasteiger partial charge on any atom is -0.494 e. The molecule has 0 unspecified atom stereocenters. The zero-order chi connectivity index (χ0) is 24.1. The van der Waals surface area contributed by atoms with Crippen LogP contribution in [0.25, 0.3) is 10.9 Å². The fraction of sp³-hybridized carbons (Fsp3) is 0.385. The first-order chi connectivity index (χ1) is 16.5. The third-order valence-corrected chi connectivity index (χ3v) is 6.54. The SMILES string of the molecule is CCOc1ccc2[nH]c(=O)c(CN(C[C@H]3CCCN3CC)C(=O)Nc3ccc(Cl)cc3)cc2c1. The standard InChI is InChI=1S/C26H31ClN4O3/c1-3-30-13-5-6-22(30)17-31(26(33)28-21-9-7-20(27)8-10-21)16-19-14-18-15-23(34-4-2)11-12-24(18)29-25(19)32/h7-12,14-15,22H,3-6,13,16-17H2,1-2H3,(H,28,33)(H,29,32)/t22-/m1/s1. The summed E-state index contributed by atoms with van der Waals surface area (Å²) in [5.74, 6) is 0.745. The Balaban J connectivity index is 1.61. The number of benzene rings is 2. The third kappa shape index (κ3) is 5.72. The van der Waals surface area contributed by atoms with E-state index in [1.807, 2.05) is 31.2 Å². The number of ether oxygens (including phenoxy) is 1. The average Bonchev–Trinajstić information content (AvgIpc) is 3.28. The Labute approximate surface area is 204 Å². The Bertz CT molecular complexity index is 1190. The number of aromatic amines is 1. The lowest BCUT2D eigenvalue weighted by Gasteiger charge is -2.30. The van der Waals surface area contributed by atoms with E-state index in [1.165, 1.54) is 0 Å². The zero-order valence-electron chi connectivity index (χ0n) is 19.6. The number of nitrogens with one attached hydrogen (secondary N) is 2. The van der Waals surface area contributed by atoms with Gasteiger partial charge in [-0.3, -0.25) is 9.69 Å². The summed E-state index contributed by atoms with van der Waals surface area (Å²) in [5.41, 5.74) is 1.74. The molecule has 4 rings (SSSR count). The van der Waals surface area contributed by atoms with Crippen LogP contribution in [0.5, 0.6) is 5.75 Å². The van der Waals surface area contributed by atoms with Gasteiger partial charge in [-0.05, 0) is 81.4 Å². The number of carbonyl (C=O) groups excluding carboxylic acids is 1. The maximum atomic E-state index is 13.3. The van der Waals surface area contributed by atoms with Gasteiger partial charge in [0.2, 0.25) is 0 Å². The van der Waals surface area contributed by atoms with Crippen LogP contribution in [0.15, 0.2) is 53.3 Å². The van der Waals surface area contributed by atoms with E-state index in [9.17, 15) is 9.59 Å². The molecule has 1 aromatic heterocycles. The normalized spacial score (nSPS) is 16.0. The Morgan fingerprint density at radius 2 is 2.00 bits per heavy atom. The summed E-state index contributed by atoms with van der Waals surface area (Å²) in [6.45, 7) is 7.36. The number of urea groups is 1. The third-order valence-electron chi connectivity index (χ3n) is 6.28. The molecule has 2 amide bonds. The Morgan fingerprint density at radius 1 is 1.21 bits per heavy atom. The van der Waals surface area contributed by atoms with E-state index in [-0.39, 0.29) is 24.2 Å². The van der Waals surface area contributed by atoms with Crippen LogP contribution in [-0.2, 0) is 6.54 Å². The summed E-state index contributed by atoms with van der Waals surface area (Å²) < 4.78 is 5.61. The number of amides is 2. The molecule has 1 aliphatic rings. The van der Waals surface area contributed by atoms with Gasteiger partial charge < -0.3 is 19.9 Å². The molecule has 0 radical (unpaired) electrons. The summed E-state index contributed by atoms with van der Waals surface area (Å²) in [4.78, 5) is 33.3. The number of pyridine rings is 1. The minimum absolute atomic E-state index is 0.195. The molecule has 1 saturated heterocycles. The quantitative estimate of drug-likeness (QED) is 0.468. The van der Waals surface area contributed by atoms with Crippen LogP contribution >= 0.6 is 11.6 Å². The summed E-state index contributed by atoms with van der Waals surface area (Å²) in [6.07, 6.45) is 2.15. The summed E-state index contributed by atoms with van der Waals surface area (Å²) in [6, 6.07) is 14.5. The zero-order valence-corrected chi connectivity index (χ0v) is 20.4. The molecule has 2 aromatic carbocycles. The molecule has 34 heavy (non-hydrogen) atoms. The van der Waals surface area contributed by atoms with E-state index in [0.717, 1.165) is 42.6 Å². The summed E-state index contributed by atoms with van der Waals surface area (Å²) >= 11 is 5.98. The van der Waals surface area contributed by atoms with Crippen molar-refractivity contribution in [3.8, 4) is 5.75 Å². The molecule has 2 heterocycles. The van der Waals surface area contributed by atoms with E-state index in [0.29, 0.717) is 29.4 Å². The number of rotatable bonds is 8. The molecule has 8 heteroatoms. The lowest BCUT2D eigenvalue weighted by atomic mass is 10.1. The second-order valence-electron chi connectivity index (χ2n) is 8.55. The first kappa shape index (κ1) is 24.1. The fourth-order valence-electron chi connectivity index (χ4n) is 4.54. The lowest BCUT2D eigenvalue weighted by molar-refractivity contribution is 0.174. The first-order valence-electron chi connectivity index (χ1n) is 11.8. The van der Waals surface area contributed by atoms with Gasteiger partial charge >= 0.3 is 6.03 Å². The molecule has 1 fully saturated rings. The number of aromatic nitrogens is 1. The highest BCUT2D eigenvalue weighted by Gasteiger charge is 2.28. The smallest absolute Gasteiger partial charge is 0.322 e. The second kappa shape index (κ2) is 10.9. The second-order valence-corrected chi connectivity index (χ2v) is 8.98. The summed E-state index contributed by atoms with van der Waals surface area (Å²) in [5, 5.41) is 4.43. The van der Waals surface area contributed by atoms with Crippen LogP contribution in [0.1, 0.15) is 32.3 Å². The molecule has 1 aliphatic heterocycles. The van der Waals surface area contributed by atoms with Crippen molar-refractivity contribution in [3.63, 3.8) is 0 Å². The molecular formula is C26H31ClN4O3. The van der Waals surface area contributed by atoms with Crippen molar-refractivity contribution in [3.05, 3.63) is 69.5 Å². The van der Waals surface area contributed by atoms with E-state index in [1.54, 1.807) is 29.2 Å². The number of hydrogen-bond donors (Lipinski definition) is 2. The Kier molecular flexibility index (Phi) is 7.75. The number of hydrogen-bond acceptors (Lipinski definition) is 4. The number of likely N-dealkylation sites (N-methyl/N-ethyl adjacent to an activating group) is 1. The van der Waals surface area contributed by atoms with Gasteiger partial charge in [0.15, 0.2) is 0 Å². The van der Waals surface area contributed by atoms with Gasteiger partial charge in [-0.25, -0.2) is 4.79 Å². The molecule has 0 saturated carbocycles. The number of fused-ring (bicyclic) bond motifs is 1. The maximum absolute atomic E-state index is 13.3. The van der Waals surface area contributed by atoms with Crippen molar-refractivity contribution in [1.29, 1.82) is 0 Å². The van der Waals surface area contributed by atoms with Crippen LogP contribution in [0.2, 0.25) is 5.02 Å². The molecule has 3 aromatic rings. The van der Waals surface area contributed by atoms with E-state index in [4.69, 9.17) is 16.3 Å². The van der Waals surface area contributed by atoms with Crippen LogP contribution in [0.4, 0.5) is 10.5 Å². The van der Waals surface area contributed by atoms with Crippen LogP contribution < -0.4 is 15.6 Å². The van der Waals surface area contributed by atoms with Gasteiger partial charge in [-0.2, -0.15) is 0 Å². The van der Waals surface area contributed by atoms with Crippen molar-refractivity contribution < 1.29 is 9.53 Å². The van der Waals surface area contributed by atoms with Gasteiger partial charge in [-0.1, -0.05) is 18.5 Å². The van der Waals surface area contributed by atoms with Gasteiger partial charge in [0.25, 0.3) is 5.56 Å². The molecular weight excluding hydrogens is 452 g/mol. The lowest BCUT2D eigenvalue weighted by Crippen LogP contribution is -2.45. The highest BCUT2D eigenvalue weighted by Crippen LogP contribution is 2.22. The number of likely N-dealkylation sites (tertiary alicyclic amines) is 1. The van der Waals surface area contributed by atoms with Crippen LogP contribution in [0, 0.1) is 0 Å². The van der Waals surface area contributed by atoms with Gasteiger partial charge in [0, 0.05) is 39.8 Å². The molecule has 0 bridgehead atoms. The maximum Gasteiger partial charge on any atom is 0.322 e. The van der Waals surface area contributed by atoms with E-state index in [2.05, 4.69) is 22.1 Å². The van der Waals surface area contributed by atoms with E-state index < -0.39 is 0 Å². The number of H-pyrrole nitrogens is 1. The van der Waals surface area contributed by atoms with Gasteiger partial charge in [0.1, 0.15) is 5.75 Å². The minimum atomic E-state index is -0.243. The van der Waals surface area contributed by atoms with Crippen molar-refractivity contribution in [1.82, 2.24) is 14.8 Å². The van der Waals surface area contributed by atoms with Crippen molar-refractivity contribution >= 4 is 34.2 Å². The molecule has 0 aliphatic carbocycles. The Morgan fingerprint density at radius 3 is 2.74 bits per heavy atom. The largest absolute Gasteiger partial charge is 0.494 e. The highest BCUT2D eigenvalue weighted by atomic mass is 35.5. The van der Waals surface area contributed by atoms with Crippen LogP contribution in [0.3, 0.4) is 0 Å². The van der Waals surface area contributed by atoms with E-state index >= 15 is 0 Å². The molecule has 0 spiro atoms. The van der Waals surface area contributed by atoms with Gasteiger partial charge in [0.05, 0.1) is 13.2 Å². The average molecular weight is 483 g/mol. The molecule has 180 valence electrons. The number of halogens is 1. The van der Waals surface area contributed by atoms with Crippen molar-refractivity contribution in [2.45, 2.75) is 39.3 Å². The summed E-state index contributed by atoms with van der Waals surface area (Å²) in [7, 11) is 0. The molecule has 1 atom stereocenters. The predicted molar refractivity (Wildman–Crippen MR) is 137 cm³/mol. The fourth-order valence-corrected chi connectivity index (χ4v) is 4.66. The Hall–Kier alpha value is -3.03. The monoisotopic (exact) mass is 482 g/mol. The highest BCUT2D eigenvalue weighted by molar-refractivity contribution is 6.30. The first-order valence-corrected chi connectivity index (χ1v) is 12.2. The molecule has 2 N–H and O–H groups in total. The predicted octanol–water partition coefficient (Wildman–Crippen LogP) is 5.10. The topological polar surface area (TPSA) is 77.7 Å². The number of nitrogens with zero attached hydrogens (tertiary/aromatic N) is 2. The van der Waals surface area contributed by atoms with Crippen LogP contribution in [-0.4, -0.2) is 53.1 Å². The molecule has 7 nitrogen and oxygen atoms in total. The van der Waals surface area contributed by atoms with Gasteiger partial charge in [-0.15, -0.1) is 0 Å². The van der Waals surface area contributed by atoms with Crippen molar-refractivity contribution in [2.75, 3.05) is 31.6 Å².